The number of fused-ring (bicyclic) bond motifs is 2. The standard InChI is InChI=1S/C34H41N5O5/c1-6-39-28-11-10-25(22-29(28)37(5)32(41)34(3,4)33(39)42)43-20-8-15-36-27(24-12-16-35-17-13-24)9-7-18-38-19-14-30-26(31(38)40)21-23(2)44-30/h10-14,16-17,19,21-22,27,36H,6-9,15,18,20H2,1-5H3. The summed E-state index contributed by atoms with van der Waals surface area (Å²) in [4.78, 5) is 46.5. The van der Waals surface area contributed by atoms with E-state index in [4.69, 9.17) is 9.15 Å². The maximum absolute atomic E-state index is 13.1. The van der Waals surface area contributed by atoms with Crippen molar-refractivity contribution >= 4 is 34.2 Å². The summed E-state index contributed by atoms with van der Waals surface area (Å²) in [7, 11) is 1.70. The van der Waals surface area contributed by atoms with Gasteiger partial charge in [-0.05, 0) is 95.5 Å². The molecule has 10 nitrogen and oxygen atoms in total. The van der Waals surface area contributed by atoms with E-state index in [1.165, 1.54) is 0 Å². The second-order valence-electron chi connectivity index (χ2n) is 11.8. The molecule has 0 bridgehead atoms. The first-order valence-corrected chi connectivity index (χ1v) is 15.2. The Morgan fingerprint density at radius 1 is 1.00 bits per heavy atom. The molecule has 44 heavy (non-hydrogen) atoms. The molecule has 1 atom stereocenters. The predicted molar refractivity (Wildman–Crippen MR) is 171 cm³/mol. The number of hydrogen-bond acceptors (Lipinski definition) is 7. The summed E-state index contributed by atoms with van der Waals surface area (Å²) in [6.07, 6.45) is 7.80. The topological polar surface area (TPSA) is 110 Å². The number of nitrogens with zero attached hydrogens (tertiary/aromatic N) is 4. The predicted octanol–water partition coefficient (Wildman–Crippen LogP) is 5.23. The van der Waals surface area contributed by atoms with Gasteiger partial charge in [0.05, 0.1) is 23.4 Å². The third-order valence-electron chi connectivity index (χ3n) is 8.30. The zero-order valence-corrected chi connectivity index (χ0v) is 26.1. The van der Waals surface area contributed by atoms with Crippen LogP contribution < -0.4 is 25.4 Å². The molecule has 4 heterocycles. The molecule has 1 aliphatic heterocycles. The summed E-state index contributed by atoms with van der Waals surface area (Å²) in [6.45, 7) is 9.38. The molecule has 0 spiro atoms. The second kappa shape index (κ2) is 13.1. The van der Waals surface area contributed by atoms with Crippen LogP contribution in [0.3, 0.4) is 0 Å². The first kappa shape index (κ1) is 31.0. The molecule has 1 aromatic carbocycles. The van der Waals surface area contributed by atoms with Crippen molar-refractivity contribution in [1.82, 2.24) is 14.9 Å². The monoisotopic (exact) mass is 599 g/mol. The number of ether oxygens (including phenoxy) is 1. The highest BCUT2D eigenvalue weighted by Gasteiger charge is 2.45. The number of aryl methyl sites for hydroxylation is 2. The highest BCUT2D eigenvalue weighted by molar-refractivity contribution is 6.20. The molecule has 232 valence electrons. The van der Waals surface area contributed by atoms with E-state index in [0.29, 0.717) is 47.8 Å². The molecule has 1 aliphatic rings. The number of hydrogen-bond donors (Lipinski definition) is 1. The van der Waals surface area contributed by atoms with E-state index in [1.807, 2.05) is 50.2 Å². The Labute approximate surface area is 257 Å². The lowest BCUT2D eigenvalue weighted by molar-refractivity contribution is -0.137. The van der Waals surface area contributed by atoms with Crippen molar-refractivity contribution in [2.24, 2.45) is 5.41 Å². The van der Waals surface area contributed by atoms with E-state index < -0.39 is 5.41 Å². The van der Waals surface area contributed by atoms with Gasteiger partial charge in [-0.1, -0.05) is 0 Å². The maximum atomic E-state index is 13.1. The van der Waals surface area contributed by atoms with Crippen molar-refractivity contribution in [3.05, 3.63) is 82.7 Å². The van der Waals surface area contributed by atoms with Crippen molar-refractivity contribution in [2.45, 2.75) is 59.5 Å². The number of rotatable bonds is 12. The summed E-state index contributed by atoms with van der Waals surface area (Å²) in [5.74, 6) is 0.923. The van der Waals surface area contributed by atoms with E-state index in [-0.39, 0.29) is 23.4 Å². The maximum Gasteiger partial charge on any atom is 0.261 e. The SMILES string of the molecule is CCN1C(=O)C(C)(C)C(=O)N(C)c2cc(OCCCNC(CCCn3ccc4oc(C)cc4c3=O)c3ccncc3)ccc21. The normalized spacial score (nSPS) is 15.4. The number of carbonyl (C=O) groups excluding carboxylic acids is 2. The van der Waals surface area contributed by atoms with Crippen LogP contribution in [0.2, 0.25) is 0 Å². The summed E-state index contributed by atoms with van der Waals surface area (Å²) >= 11 is 0. The van der Waals surface area contributed by atoms with Crippen LogP contribution in [0, 0.1) is 12.3 Å². The second-order valence-corrected chi connectivity index (χ2v) is 11.8. The molecular weight excluding hydrogens is 558 g/mol. The number of carbonyl (C=O) groups is 2. The average Bonchev–Trinajstić information content (AvgIpc) is 3.40. The van der Waals surface area contributed by atoms with Gasteiger partial charge in [0, 0.05) is 50.8 Å². The molecule has 2 amide bonds. The molecular formula is C34H41N5O5. The van der Waals surface area contributed by atoms with Crippen LogP contribution in [-0.4, -0.2) is 48.1 Å². The largest absolute Gasteiger partial charge is 0.493 e. The van der Waals surface area contributed by atoms with Crippen molar-refractivity contribution in [3.63, 3.8) is 0 Å². The van der Waals surface area contributed by atoms with Gasteiger partial charge < -0.3 is 28.8 Å². The number of benzene rings is 1. The van der Waals surface area contributed by atoms with Crippen LogP contribution in [0.1, 0.15) is 57.4 Å². The fourth-order valence-electron chi connectivity index (χ4n) is 5.84. The van der Waals surface area contributed by atoms with Gasteiger partial charge in [0.1, 0.15) is 22.5 Å². The Morgan fingerprint density at radius 3 is 2.52 bits per heavy atom. The molecule has 0 fully saturated rings. The number of anilines is 2. The van der Waals surface area contributed by atoms with Gasteiger partial charge in [-0.3, -0.25) is 19.4 Å². The van der Waals surface area contributed by atoms with E-state index in [0.717, 1.165) is 37.1 Å². The van der Waals surface area contributed by atoms with Gasteiger partial charge in [-0.25, -0.2) is 0 Å². The summed E-state index contributed by atoms with van der Waals surface area (Å²) in [6, 6.07) is 13.3. The van der Waals surface area contributed by atoms with Crippen molar-refractivity contribution in [1.29, 1.82) is 0 Å². The Balaban J connectivity index is 1.18. The van der Waals surface area contributed by atoms with Crippen molar-refractivity contribution in [3.8, 4) is 5.75 Å². The summed E-state index contributed by atoms with van der Waals surface area (Å²) < 4.78 is 13.4. The minimum Gasteiger partial charge on any atom is -0.493 e. The van der Waals surface area contributed by atoms with Crippen LogP contribution in [0.25, 0.3) is 11.0 Å². The number of aromatic nitrogens is 2. The number of nitrogens with one attached hydrogen (secondary N) is 1. The highest BCUT2D eigenvalue weighted by atomic mass is 16.5. The Kier molecular flexibility index (Phi) is 9.20. The number of furan rings is 1. The quantitative estimate of drug-likeness (QED) is 0.175. The lowest BCUT2D eigenvalue weighted by Gasteiger charge is -2.27. The molecule has 10 heteroatoms. The lowest BCUT2D eigenvalue weighted by Crippen LogP contribution is -2.47. The van der Waals surface area contributed by atoms with Gasteiger partial charge in [0.2, 0.25) is 11.8 Å². The molecule has 3 aromatic heterocycles. The molecule has 0 saturated heterocycles. The third-order valence-corrected chi connectivity index (χ3v) is 8.30. The highest BCUT2D eigenvalue weighted by Crippen LogP contribution is 2.40. The Hall–Kier alpha value is -4.44. The molecule has 4 aromatic rings. The van der Waals surface area contributed by atoms with Gasteiger partial charge in [-0.2, -0.15) is 0 Å². The number of amides is 2. The van der Waals surface area contributed by atoms with Crippen LogP contribution in [0.5, 0.6) is 5.75 Å². The molecule has 5 rings (SSSR count). The van der Waals surface area contributed by atoms with Gasteiger partial charge in [-0.15, -0.1) is 0 Å². The average molecular weight is 600 g/mol. The molecule has 0 saturated carbocycles. The van der Waals surface area contributed by atoms with Gasteiger partial charge >= 0.3 is 0 Å². The zero-order valence-electron chi connectivity index (χ0n) is 26.1. The van der Waals surface area contributed by atoms with Crippen LogP contribution >= 0.6 is 0 Å². The Bertz CT molecular complexity index is 1690. The van der Waals surface area contributed by atoms with E-state index in [2.05, 4.69) is 10.3 Å². The smallest absolute Gasteiger partial charge is 0.261 e. The van der Waals surface area contributed by atoms with Crippen molar-refractivity contribution in [2.75, 3.05) is 36.5 Å². The fraction of sp³-hybridized carbons (Fsp3) is 0.412. The van der Waals surface area contributed by atoms with Crippen LogP contribution in [-0.2, 0) is 16.1 Å². The van der Waals surface area contributed by atoms with E-state index in [1.54, 1.807) is 59.9 Å². The molecule has 1 N–H and O–H groups in total. The molecule has 0 aliphatic carbocycles. The minimum absolute atomic E-state index is 0.0315. The zero-order chi connectivity index (χ0) is 31.4. The molecule has 0 radical (unpaired) electrons. The summed E-state index contributed by atoms with van der Waals surface area (Å²) in [5.41, 5.74) is 1.95. The minimum atomic E-state index is -1.15. The van der Waals surface area contributed by atoms with Crippen molar-refractivity contribution < 1.29 is 18.7 Å². The van der Waals surface area contributed by atoms with Crippen LogP contribution in [0.4, 0.5) is 11.4 Å². The van der Waals surface area contributed by atoms with Crippen LogP contribution in [0.15, 0.2) is 70.3 Å². The van der Waals surface area contributed by atoms with E-state index >= 15 is 0 Å². The summed E-state index contributed by atoms with van der Waals surface area (Å²) in [5, 5.41) is 4.26. The first-order valence-electron chi connectivity index (χ1n) is 15.2. The van der Waals surface area contributed by atoms with E-state index in [9.17, 15) is 14.4 Å². The third kappa shape index (κ3) is 6.26. The molecule has 1 unspecified atom stereocenters. The fourth-order valence-corrected chi connectivity index (χ4v) is 5.84. The van der Waals surface area contributed by atoms with Gasteiger partial charge in [0.25, 0.3) is 5.56 Å². The first-order chi connectivity index (χ1) is 21.1. The van der Waals surface area contributed by atoms with Gasteiger partial charge in [0.15, 0.2) is 0 Å². The Morgan fingerprint density at radius 2 is 1.77 bits per heavy atom. The lowest BCUT2D eigenvalue weighted by atomic mass is 9.90. The number of pyridine rings is 2.